The number of phenols is 4. The van der Waals surface area contributed by atoms with Crippen LogP contribution >= 0.6 is 0 Å². The maximum Gasteiger partial charge on any atom is 0.161 e. The third kappa shape index (κ3) is 4.10. The van der Waals surface area contributed by atoms with Crippen molar-refractivity contribution >= 4 is 0 Å². The molecular weight excluding hydrogens is 276 g/mol. The van der Waals surface area contributed by atoms with Gasteiger partial charge in [-0.2, -0.15) is 0 Å². The number of aromatic hydroxyl groups is 4. The monoisotopic (exact) mass is 292 g/mol. The molecule has 0 spiro atoms. The number of hydrogen-bond donors (Lipinski definition) is 4. The van der Waals surface area contributed by atoms with E-state index < -0.39 is 0 Å². The fraction of sp³-hybridized carbons (Fsp3) is 0.200. The molecule has 0 aliphatic rings. The van der Waals surface area contributed by atoms with E-state index in [0.29, 0.717) is 31.1 Å². The van der Waals surface area contributed by atoms with Gasteiger partial charge in [0, 0.05) is 18.6 Å². The standard InChI is InChI=1S/C15H16O6/c16-12-4-2-10(8-14(12)18)20-6-1-7-21-11-3-5-13(17)15(19)9-11/h2-5,8-9,16-19H,1,6-7H2. The molecule has 0 heterocycles. The maximum atomic E-state index is 9.30. The lowest BCUT2D eigenvalue weighted by atomic mass is 10.3. The summed E-state index contributed by atoms with van der Waals surface area (Å²) < 4.78 is 10.8. The number of benzene rings is 2. The molecule has 0 aliphatic carbocycles. The third-order valence-electron chi connectivity index (χ3n) is 2.72. The predicted octanol–water partition coefficient (Wildman–Crippen LogP) is 2.36. The zero-order valence-corrected chi connectivity index (χ0v) is 11.2. The van der Waals surface area contributed by atoms with E-state index >= 15 is 0 Å². The molecule has 4 N–H and O–H groups in total. The topological polar surface area (TPSA) is 99.4 Å². The van der Waals surface area contributed by atoms with Crippen LogP contribution in [-0.4, -0.2) is 33.6 Å². The van der Waals surface area contributed by atoms with Crippen LogP contribution in [0, 0.1) is 0 Å². The summed E-state index contributed by atoms with van der Waals surface area (Å²) in [5.74, 6) is 0.0439. The second-order valence-electron chi connectivity index (χ2n) is 4.35. The molecule has 2 aromatic rings. The fourth-order valence-corrected chi connectivity index (χ4v) is 1.63. The van der Waals surface area contributed by atoms with Gasteiger partial charge in [0.15, 0.2) is 23.0 Å². The molecule has 0 bridgehead atoms. The number of phenolic OH excluding ortho intramolecular Hbond substituents is 4. The molecule has 112 valence electrons. The summed E-state index contributed by atoms with van der Waals surface area (Å²) in [6.45, 7) is 0.739. The van der Waals surface area contributed by atoms with Crippen LogP contribution in [0.25, 0.3) is 0 Å². The molecule has 2 rings (SSSR count). The SMILES string of the molecule is Oc1ccc(OCCCOc2ccc(O)c(O)c2)cc1O. The van der Waals surface area contributed by atoms with Gasteiger partial charge in [-0.05, 0) is 24.3 Å². The van der Waals surface area contributed by atoms with Gasteiger partial charge in [-0.1, -0.05) is 0 Å². The molecule has 0 fully saturated rings. The van der Waals surface area contributed by atoms with E-state index in [1.54, 1.807) is 12.1 Å². The van der Waals surface area contributed by atoms with Gasteiger partial charge in [0.2, 0.25) is 0 Å². The third-order valence-corrected chi connectivity index (χ3v) is 2.72. The molecule has 0 aromatic heterocycles. The van der Waals surface area contributed by atoms with Gasteiger partial charge < -0.3 is 29.9 Å². The second-order valence-corrected chi connectivity index (χ2v) is 4.35. The average Bonchev–Trinajstić information content (AvgIpc) is 2.46. The molecule has 6 nitrogen and oxygen atoms in total. The van der Waals surface area contributed by atoms with Gasteiger partial charge >= 0.3 is 0 Å². The van der Waals surface area contributed by atoms with Crippen molar-refractivity contribution in [2.24, 2.45) is 0 Å². The van der Waals surface area contributed by atoms with Gasteiger partial charge in [0.1, 0.15) is 11.5 Å². The molecule has 0 unspecified atom stereocenters. The van der Waals surface area contributed by atoms with Crippen molar-refractivity contribution in [2.75, 3.05) is 13.2 Å². The van der Waals surface area contributed by atoms with Crippen LogP contribution in [0.2, 0.25) is 0 Å². The first-order valence-electron chi connectivity index (χ1n) is 6.36. The molecule has 0 aliphatic heterocycles. The molecule has 0 atom stereocenters. The lowest BCUT2D eigenvalue weighted by Crippen LogP contribution is -2.04. The first kappa shape index (κ1) is 14.6. The highest BCUT2D eigenvalue weighted by Crippen LogP contribution is 2.29. The average molecular weight is 292 g/mol. The Balaban J connectivity index is 1.72. The van der Waals surface area contributed by atoms with E-state index in [1.807, 2.05) is 0 Å². The van der Waals surface area contributed by atoms with E-state index in [1.165, 1.54) is 24.3 Å². The zero-order chi connectivity index (χ0) is 15.2. The summed E-state index contributed by atoms with van der Waals surface area (Å²) in [5, 5.41) is 36.9. The highest BCUT2D eigenvalue weighted by Gasteiger charge is 2.03. The Bertz CT molecular complexity index is 558. The summed E-state index contributed by atoms with van der Waals surface area (Å²) in [5.41, 5.74) is 0. The summed E-state index contributed by atoms with van der Waals surface area (Å²) >= 11 is 0. The van der Waals surface area contributed by atoms with Crippen LogP contribution in [-0.2, 0) is 0 Å². The largest absolute Gasteiger partial charge is 0.504 e. The summed E-state index contributed by atoms with van der Waals surface area (Å²) in [6.07, 6.45) is 0.587. The molecule has 21 heavy (non-hydrogen) atoms. The van der Waals surface area contributed by atoms with Crippen LogP contribution in [0.5, 0.6) is 34.5 Å². The highest BCUT2D eigenvalue weighted by atomic mass is 16.5. The Morgan fingerprint density at radius 1 is 0.619 bits per heavy atom. The second kappa shape index (κ2) is 6.60. The first-order chi connectivity index (χ1) is 10.1. The summed E-state index contributed by atoms with van der Waals surface area (Å²) in [4.78, 5) is 0. The Hall–Kier alpha value is -2.76. The molecule has 0 saturated carbocycles. The molecular formula is C15H16O6. The van der Waals surface area contributed by atoms with Crippen molar-refractivity contribution in [1.82, 2.24) is 0 Å². The minimum Gasteiger partial charge on any atom is -0.504 e. The fourth-order valence-electron chi connectivity index (χ4n) is 1.63. The Kier molecular flexibility index (Phi) is 4.61. The quantitative estimate of drug-likeness (QED) is 0.482. The lowest BCUT2D eigenvalue weighted by molar-refractivity contribution is 0.246. The van der Waals surface area contributed by atoms with Gasteiger partial charge in [-0.25, -0.2) is 0 Å². The van der Waals surface area contributed by atoms with Gasteiger partial charge in [0.25, 0.3) is 0 Å². The highest BCUT2D eigenvalue weighted by molar-refractivity contribution is 5.44. The van der Waals surface area contributed by atoms with E-state index in [0.717, 1.165) is 0 Å². The lowest BCUT2D eigenvalue weighted by Gasteiger charge is -2.09. The van der Waals surface area contributed by atoms with E-state index in [9.17, 15) is 10.2 Å². The summed E-state index contributed by atoms with van der Waals surface area (Å²) in [6, 6.07) is 8.45. The minimum absolute atomic E-state index is 0.196. The Labute approximate surface area is 121 Å². The molecule has 0 saturated heterocycles. The van der Waals surface area contributed by atoms with Crippen molar-refractivity contribution < 1.29 is 29.9 Å². The van der Waals surface area contributed by atoms with E-state index in [-0.39, 0.29) is 23.0 Å². The normalized spacial score (nSPS) is 10.3. The van der Waals surface area contributed by atoms with Crippen molar-refractivity contribution in [3.05, 3.63) is 36.4 Å². The van der Waals surface area contributed by atoms with Crippen LogP contribution in [0.15, 0.2) is 36.4 Å². The first-order valence-corrected chi connectivity index (χ1v) is 6.36. The minimum atomic E-state index is -0.233. The molecule has 0 amide bonds. The maximum absolute atomic E-state index is 9.30. The number of ether oxygens (including phenoxy) is 2. The Morgan fingerprint density at radius 3 is 1.43 bits per heavy atom. The number of rotatable bonds is 6. The van der Waals surface area contributed by atoms with Crippen molar-refractivity contribution in [3.63, 3.8) is 0 Å². The number of hydrogen-bond acceptors (Lipinski definition) is 6. The predicted molar refractivity (Wildman–Crippen MR) is 75.2 cm³/mol. The van der Waals surface area contributed by atoms with Crippen molar-refractivity contribution in [1.29, 1.82) is 0 Å². The molecule has 2 aromatic carbocycles. The van der Waals surface area contributed by atoms with Crippen LogP contribution < -0.4 is 9.47 Å². The van der Waals surface area contributed by atoms with Gasteiger partial charge in [-0.3, -0.25) is 0 Å². The Morgan fingerprint density at radius 2 is 1.05 bits per heavy atom. The van der Waals surface area contributed by atoms with Crippen LogP contribution in [0.4, 0.5) is 0 Å². The van der Waals surface area contributed by atoms with Crippen molar-refractivity contribution in [2.45, 2.75) is 6.42 Å². The summed E-state index contributed by atoms with van der Waals surface area (Å²) in [7, 11) is 0. The van der Waals surface area contributed by atoms with Gasteiger partial charge in [0.05, 0.1) is 13.2 Å². The van der Waals surface area contributed by atoms with Crippen molar-refractivity contribution in [3.8, 4) is 34.5 Å². The van der Waals surface area contributed by atoms with E-state index in [2.05, 4.69) is 0 Å². The zero-order valence-electron chi connectivity index (χ0n) is 11.2. The van der Waals surface area contributed by atoms with E-state index in [4.69, 9.17) is 19.7 Å². The molecule has 6 heteroatoms. The van der Waals surface area contributed by atoms with Gasteiger partial charge in [-0.15, -0.1) is 0 Å². The van der Waals surface area contributed by atoms with Crippen LogP contribution in [0.3, 0.4) is 0 Å². The smallest absolute Gasteiger partial charge is 0.161 e. The molecule has 0 radical (unpaired) electrons. The van der Waals surface area contributed by atoms with Crippen LogP contribution in [0.1, 0.15) is 6.42 Å².